The van der Waals surface area contributed by atoms with Gasteiger partial charge >= 0.3 is 0 Å². The number of nitrogens with zero attached hydrogens (tertiary/aromatic N) is 5. The number of fused-ring (bicyclic) bond motifs is 1. The topological polar surface area (TPSA) is 95.4 Å². The average Bonchev–Trinajstić information content (AvgIpc) is 3.35. The van der Waals surface area contributed by atoms with Gasteiger partial charge in [0.15, 0.2) is 11.0 Å². The molecule has 2 N–H and O–H groups in total. The van der Waals surface area contributed by atoms with Crippen LogP contribution in [0, 0.1) is 23.4 Å². The molecule has 2 aromatic carbocycles. The first-order valence-corrected chi connectivity index (χ1v) is 13.4. The SMILES string of the molecule is O=C(Nc1ccc(F)c(C23CN(c4ncc(F)cn4)CC2CSC(Nc2ccccc2)=N3)c1)c1ccc(F)cn1. The Morgan fingerprint density at radius 2 is 1.70 bits per heavy atom. The van der Waals surface area contributed by atoms with E-state index in [1.54, 1.807) is 6.07 Å². The predicted octanol–water partition coefficient (Wildman–Crippen LogP) is 5.09. The number of carbonyl (C=O) groups is 1. The van der Waals surface area contributed by atoms with Gasteiger partial charge in [-0.05, 0) is 42.5 Å². The highest BCUT2D eigenvalue weighted by Crippen LogP contribution is 2.48. The van der Waals surface area contributed by atoms with E-state index in [0.29, 0.717) is 34.7 Å². The van der Waals surface area contributed by atoms with Gasteiger partial charge in [0.05, 0.1) is 25.1 Å². The number of amidine groups is 1. The predicted molar refractivity (Wildman–Crippen MR) is 148 cm³/mol. The summed E-state index contributed by atoms with van der Waals surface area (Å²) >= 11 is 1.53. The Balaban J connectivity index is 1.38. The first kappa shape index (κ1) is 25.8. The minimum Gasteiger partial charge on any atom is -0.338 e. The lowest BCUT2D eigenvalue weighted by Gasteiger charge is -2.36. The van der Waals surface area contributed by atoms with E-state index in [0.717, 1.165) is 30.3 Å². The number of carbonyl (C=O) groups excluding carboxylic acids is 1. The van der Waals surface area contributed by atoms with Crippen molar-refractivity contribution in [1.29, 1.82) is 0 Å². The fourth-order valence-corrected chi connectivity index (χ4v) is 6.11. The summed E-state index contributed by atoms with van der Waals surface area (Å²) < 4.78 is 42.5. The summed E-state index contributed by atoms with van der Waals surface area (Å²) in [6.45, 7) is 0.702. The summed E-state index contributed by atoms with van der Waals surface area (Å²) in [6.07, 6.45) is 3.14. The lowest BCUT2D eigenvalue weighted by Crippen LogP contribution is -2.40. The van der Waals surface area contributed by atoms with Crippen LogP contribution in [0.15, 0.2) is 84.2 Å². The van der Waals surface area contributed by atoms with E-state index in [9.17, 15) is 13.6 Å². The molecule has 2 aliphatic rings. The first-order chi connectivity index (χ1) is 19.4. The molecule has 40 heavy (non-hydrogen) atoms. The molecule has 202 valence electrons. The highest BCUT2D eigenvalue weighted by molar-refractivity contribution is 8.14. The van der Waals surface area contributed by atoms with Crippen molar-refractivity contribution in [1.82, 2.24) is 15.0 Å². The number of nitrogens with one attached hydrogen (secondary N) is 2. The molecule has 0 spiro atoms. The van der Waals surface area contributed by atoms with E-state index in [1.165, 1.54) is 30.0 Å². The Morgan fingerprint density at radius 3 is 2.45 bits per heavy atom. The van der Waals surface area contributed by atoms with Crippen LogP contribution in [0.1, 0.15) is 16.1 Å². The molecule has 2 unspecified atom stereocenters. The molecule has 4 heterocycles. The van der Waals surface area contributed by atoms with Gasteiger partial charge in [0.2, 0.25) is 5.95 Å². The number of halogens is 3. The van der Waals surface area contributed by atoms with Crippen molar-refractivity contribution < 1.29 is 18.0 Å². The van der Waals surface area contributed by atoms with Crippen molar-refractivity contribution in [3.63, 3.8) is 0 Å². The van der Waals surface area contributed by atoms with Gasteiger partial charge < -0.3 is 15.5 Å². The number of thioether (sulfide) groups is 1. The molecule has 4 aromatic rings. The summed E-state index contributed by atoms with van der Waals surface area (Å²) in [5.74, 6) is -1.37. The molecule has 2 aliphatic heterocycles. The van der Waals surface area contributed by atoms with E-state index < -0.39 is 28.9 Å². The fourth-order valence-electron chi connectivity index (χ4n) is 4.95. The maximum absolute atomic E-state index is 15.7. The molecule has 2 atom stereocenters. The molecule has 12 heteroatoms. The molecule has 0 saturated carbocycles. The number of anilines is 3. The van der Waals surface area contributed by atoms with Gasteiger partial charge in [-0.2, -0.15) is 0 Å². The normalized spacial score (nSPS) is 20.0. The van der Waals surface area contributed by atoms with Crippen molar-refractivity contribution >= 4 is 40.2 Å². The van der Waals surface area contributed by atoms with Crippen molar-refractivity contribution in [2.24, 2.45) is 10.9 Å². The number of benzene rings is 2. The second kappa shape index (κ2) is 10.6. The number of aromatic nitrogens is 3. The lowest BCUT2D eigenvalue weighted by atomic mass is 9.81. The van der Waals surface area contributed by atoms with Crippen molar-refractivity contribution in [2.75, 3.05) is 34.4 Å². The van der Waals surface area contributed by atoms with Gasteiger partial charge in [0.25, 0.3) is 5.91 Å². The Hall–Kier alpha value is -4.45. The number of rotatable bonds is 5. The molecule has 0 radical (unpaired) electrons. The summed E-state index contributed by atoms with van der Waals surface area (Å²) in [7, 11) is 0. The van der Waals surface area contributed by atoms with Gasteiger partial charge in [-0.15, -0.1) is 0 Å². The van der Waals surface area contributed by atoms with E-state index in [4.69, 9.17) is 4.99 Å². The Labute approximate surface area is 231 Å². The number of amides is 1. The van der Waals surface area contributed by atoms with Crippen LogP contribution in [0.3, 0.4) is 0 Å². The van der Waals surface area contributed by atoms with Crippen LogP contribution in [-0.2, 0) is 5.54 Å². The quantitative estimate of drug-likeness (QED) is 0.351. The zero-order chi connectivity index (χ0) is 27.7. The van der Waals surface area contributed by atoms with E-state index in [2.05, 4.69) is 25.6 Å². The average molecular weight is 562 g/mol. The van der Waals surface area contributed by atoms with Crippen LogP contribution < -0.4 is 15.5 Å². The van der Waals surface area contributed by atoms with Gasteiger partial charge in [0.1, 0.15) is 22.9 Å². The van der Waals surface area contributed by atoms with Crippen LogP contribution in [0.2, 0.25) is 0 Å². The third kappa shape index (κ3) is 5.09. The Kier molecular flexibility index (Phi) is 6.84. The fraction of sp³-hybridized carbons (Fsp3) is 0.179. The van der Waals surface area contributed by atoms with E-state index >= 15 is 4.39 Å². The molecule has 6 rings (SSSR count). The van der Waals surface area contributed by atoms with Crippen LogP contribution in [0.25, 0.3) is 0 Å². The third-order valence-corrected chi connectivity index (χ3v) is 7.87. The maximum atomic E-state index is 15.7. The molecule has 0 bridgehead atoms. The monoisotopic (exact) mass is 561 g/mol. The molecule has 1 saturated heterocycles. The van der Waals surface area contributed by atoms with E-state index in [-0.39, 0.29) is 18.2 Å². The van der Waals surface area contributed by atoms with Crippen LogP contribution >= 0.6 is 11.8 Å². The van der Waals surface area contributed by atoms with Crippen LogP contribution in [-0.4, -0.2) is 44.9 Å². The van der Waals surface area contributed by atoms with Gasteiger partial charge in [-0.25, -0.2) is 33.1 Å². The van der Waals surface area contributed by atoms with Crippen LogP contribution in [0.5, 0.6) is 0 Å². The van der Waals surface area contributed by atoms with Crippen LogP contribution in [0.4, 0.5) is 30.5 Å². The highest BCUT2D eigenvalue weighted by atomic mass is 32.2. The number of pyridine rings is 1. The smallest absolute Gasteiger partial charge is 0.274 e. The van der Waals surface area contributed by atoms with Gasteiger partial charge in [-0.3, -0.25) is 4.79 Å². The Morgan fingerprint density at radius 1 is 0.925 bits per heavy atom. The largest absolute Gasteiger partial charge is 0.338 e. The van der Waals surface area contributed by atoms with Crippen molar-refractivity contribution in [3.05, 3.63) is 108 Å². The second-order valence-corrected chi connectivity index (χ2v) is 10.4. The molecular formula is C28H22F3N7OS. The molecule has 8 nitrogen and oxygen atoms in total. The lowest BCUT2D eigenvalue weighted by molar-refractivity contribution is 0.102. The molecular weight excluding hydrogens is 539 g/mol. The summed E-state index contributed by atoms with van der Waals surface area (Å²) in [6, 6.07) is 16.3. The molecule has 1 amide bonds. The molecule has 1 fully saturated rings. The maximum Gasteiger partial charge on any atom is 0.274 e. The second-order valence-electron chi connectivity index (χ2n) is 9.43. The minimum atomic E-state index is -1.06. The standard InChI is InChI=1S/C28H22F3N7OS/c29-18-6-9-24(32-11-18)25(39)35-21-7-8-23(31)22(10-21)28-16-38(26-33-12-19(30)13-34-26)14-17(28)15-40-27(37-28)36-20-4-2-1-3-5-20/h1-13,17H,14-16H2,(H,35,39)(H,36,37). The minimum absolute atomic E-state index is 0.0187. The van der Waals surface area contributed by atoms with Crippen molar-refractivity contribution in [2.45, 2.75) is 5.54 Å². The number of hydrogen-bond acceptors (Lipinski definition) is 8. The number of hydrogen-bond donors (Lipinski definition) is 2. The van der Waals surface area contributed by atoms with Crippen molar-refractivity contribution in [3.8, 4) is 0 Å². The number of aliphatic imine (C=N–C) groups is 1. The molecule has 0 aliphatic carbocycles. The van der Waals surface area contributed by atoms with Gasteiger partial charge in [-0.1, -0.05) is 30.0 Å². The third-order valence-electron chi connectivity index (χ3n) is 6.84. The summed E-state index contributed by atoms with van der Waals surface area (Å²) in [5.41, 5.74) is 0.430. The van der Waals surface area contributed by atoms with E-state index in [1.807, 2.05) is 35.2 Å². The molecule has 2 aromatic heterocycles. The highest BCUT2D eigenvalue weighted by Gasteiger charge is 2.52. The zero-order valence-corrected chi connectivity index (χ0v) is 21.7. The first-order valence-electron chi connectivity index (χ1n) is 12.4. The Bertz CT molecular complexity index is 1570. The van der Waals surface area contributed by atoms with Gasteiger partial charge in [0, 0.05) is 35.2 Å². The zero-order valence-electron chi connectivity index (χ0n) is 20.9. The summed E-state index contributed by atoms with van der Waals surface area (Å²) in [5, 5.41) is 6.67. The number of para-hydroxylation sites is 1. The summed E-state index contributed by atoms with van der Waals surface area (Å²) in [4.78, 5) is 31.8.